The SMILES string of the molecule is CC.[B]c1cccc(C2N=C(N(CCC3=NCN=N3)CCC3CC4CCC3C4)c3ccccc3CC2C)c1.[HH]. The van der Waals surface area contributed by atoms with Crippen molar-refractivity contribution >= 4 is 25.0 Å². The molecule has 5 atom stereocenters. The number of aliphatic imine (C=N–C) groups is 2. The number of nitrogens with zero attached hydrogens (tertiary/aromatic N) is 5. The van der Waals surface area contributed by atoms with Crippen LogP contribution in [0, 0.1) is 23.7 Å². The summed E-state index contributed by atoms with van der Waals surface area (Å²) in [5.74, 6) is 5.15. The molecule has 4 aliphatic rings. The van der Waals surface area contributed by atoms with E-state index >= 15 is 0 Å². The van der Waals surface area contributed by atoms with Gasteiger partial charge in [-0.15, -0.1) is 5.11 Å². The van der Waals surface area contributed by atoms with E-state index in [0.717, 1.165) is 60.8 Å². The topological polar surface area (TPSA) is 52.7 Å². The summed E-state index contributed by atoms with van der Waals surface area (Å²) < 4.78 is 0. The maximum absolute atomic E-state index is 6.20. The Kier molecular flexibility index (Phi) is 8.76. The zero-order valence-electron chi connectivity index (χ0n) is 23.4. The molecular weight excluding hydrogens is 465 g/mol. The van der Waals surface area contributed by atoms with Crippen molar-refractivity contribution in [3.8, 4) is 0 Å². The van der Waals surface area contributed by atoms with Crippen LogP contribution in [0.2, 0.25) is 0 Å². The van der Waals surface area contributed by atoms with Gasteiger partial charge in [-0.2, -0.15) is 5.11 Å². The molecule has 200 valence electrons. The zero-order chi connectivity index (χ0) is 26.5. The smallest absolute Gasteiger partial charge is 0.152 e. The van der Waals surface area contributed by atoms with Crippen LogP contribution >= 0.6 is 0 Å². The van der Waals surface area contributed by atoms with Crippen LogP contribution in [0.15, 0.2) is 68.7 Å². The molecule has 2 aliphatic carbocycles. The molecule has 6 heteroatoms. The van der Waals surface area contributed by atoms with Crippen LogP contribution in [-0.4, -0.2) is 44.2 Å². The molecule has 2 heterocycles. The minimum absolute atomic E-state index is 0. The van der Waals surface area contributed by atoms with Crippen LogP contribution in [0.25, 0.3) is 0 Å². The van der Waals surface area contributed by atoms with Crippen molar-refractivity contribution in [2.45, 2.75) is 71.8 Å². The van der Waals surface area contributed by atoms with Crippen LogP contribution in [0.1, 0.15) is 83.5 Å². The molecule has 2 bridgehead atoms. The number of azo groups is 1. The zero-order valence-corrected chi connectivity index (χ0v) is 23.4. The Morgan fingerprint density at radius 3 is 2.63 bits per heavy atom. The first-order valence-electron chi connectivity index (χ1n) is 14.8. The average molecular weight is 510 g/mol. The van der Waals surface area contributed by atoms with Gasteiger partial charge >= 0.3 is 0 Å². The highest BCUT2D eigenvalue weighted by atomic mass is 15.3. The lowest BCUT2D eigenvalue weighted by molar-refractivity contribution is 0.280. The fourth-order valence-electron chi connectivity index (χ4n) is 7.10. The molecule has 0 N–H and O–H groups in total. The molecule has 5 nitrogen and oxygen atoms in total. The van der Waals surface area contributed by atoms with Gasteiger partial charge < -0.3 is 4.90 Å². The third-order valence-electron chi connectivity index (χ3n) is 8.91. The van der Waals surface area contributed by atoms with Gasteiger partial charge in [0.1, 0.15) is 19.5 Å². The Labute approximate surface area is 231 Å². The van der Waals surface area contributed by atoms with Gasteiger partial charge in [0, 0.05) is 26.5 Å². The quantitative estimate of drug-likeness (QED) is 0.380. The predicted octanol–water partition coefficient (Wildman–Crippen LogP) is 6.77. The van der Waals surface area contributed by atoms with Crippen LogP contribution < -0.4 is 5.46 Å². The van der Waals surface area contributed by atoms with E-state index in [9.17, 15) is 0 Å². The van der Waals surface area contributed by atoms with E-state index in [1.807, 2.05) is 19.9 Å². The van der Waals surface area contributed by atoms with Crippen LogP contribution in [0.3, 0.4) is 0 Å². The van der Waals surface area contributed by atoms with Gasteiger partial charge in [0.05, 0.1) is 6.04 Å². The first kappa shape index (κ1) is 26.8. The monoisotopic (exact) mass is 509 g/mol. The van der Waals surface area contributed by atoms with Crippen molar-refractivity contribution < 1.29 is 1.43 Å². The van der Waals surface area contributed by atoms with E-state index in [0.29, 0.717) is 12.6 Å². The summed E-state index contributed by atoms with van der Waals surface area (Å²) >= 11 is 0. The van der Waals surface area contributed by atoms with Crippen molar-refractivity contribution in [3.63, 3.8) is 0 Å². The van der Waals surface area contributed by atoms with E-state index in [1.165, 1.54) is 48.8 Å². The third-order valence-corrected chi connectivity index (χ3v) is 8.91. The third kappa shape index (κ3) is 5.95. The number of benzene rings is 2. The van der Waals surface area contributed by atoms with Crippen molar-refractivity contribution in [1.82, 2.24) is 4.90 Å². The molecule has 0 amide bonds. The minimum atomic E-state index is 0. The summed E-state index contributed by atoms with van der Waals surface area (Å²) in [6.07, 6.45) is 8.82. The van der Waals surface area contributed by atoms with Crippen LogP contribution in [0.5, 0.6) is 0 Å². The molecule has 0 aromatic heterocycles. The van der Waals surface area contributed by atoms with E-state index in [-0.39, 0.29) is 7.47 Å². The number of hydrogen-bond donors (Lipinski definition) is 0. The van der Waals surface area contributed by atoms with E-state index in [1.54, 1.807) is 0 Å². The Morgan fingerprint density at radius 1 is 1.03 bits per heavy atom. The lowest BCUT2D eigenvalue weighted by Crippen LogP contribution is -2.36. The second kappa shape index (κ2) is 12.4. The maximum atomic E-state index is 6.20. The van der Waals surface area contributed by atoms with Crippen LogP contribution in [-0.2, 0) is 6.42 Å². The fourth-order valence-corrected chi connectivity index (χ4v) is 7.10. The Bertz CT molecular complexity index is 1190. The standard InChI is InChI=1S/C30H36BN5.C2H6.H2/c1-20-15-24-5-2-3-8-27(24)30(34-29(20)25-6-4-7-26(31)18-25)36(14-12-28-32-19-33-35-28)13-11-23-17-21-9-10-22(23)16-21;1-2;/h2-8,18,20-23,29H,9-17,19H2,1H3;1-2H3;1H. The number of amidine groups is 2. The summed E-state index contributed by atoms with van der Waals surface area (Å²) in [5, 5.41) is 8.33. The normalized spacial score (nSPS) is 27.2. The summed E-state index contributed by atoms with van der Waals surface area (Å²) in [4.78, 5) is 12.6. The van der Waals surface area contributed by atoms with Crippen molar-refractivity contribution in [1.29, 1.82) is 0 Å². The number of hydrogen-bond acceptors (Lipinski definition) is 5. The lowest BCUT2D eigenvalue weighted by Gasteiger charge is -2.30. The van der Waals surface area contributed by atoms with E-state index in [2.05, 4.69) is 69.5 Å². The van der Waals surface area contributed by atoms with Gasteiger partial charge in [-0.3, -0.25) is 4.99 Å². The molecule has 2 aromatic rings. The molecule has 2 saturated carbocycles. The number of rotatable bonds is 7. The second-order valence-electron chi connectivity index (χ2n) is 11.3. The molecule has 38 heavy (non-hydrogen) atoms. The van der Waals surface area contributed by atoms with E-state index < -0.39 is 0 Å². The molecule has 0 spiro atoms. The molecule has 2 aromatic carbocycles. The van der Waals surface area contributed by atoms with Crippen LogP contribution in [0.4, 0.5) is 0 Å². The molecule has 2 aliphatic heterocycles. The number of fused-ring (bicyclic) bond motifs is 3. The fraction of sp³-hybridized carbons (Fsp3) is 0.562. The van der Waals surface area contributed by atoms with Crippen molar-refractivity contribution in [2.24, 2.45) is 43.9 Å². The molecule has 2 radical (unpaired) electrons. The summed E-state index contributed by atoms with van der Waals surface area (Å²) in [5.41, 5.74) is 4.67. The van der Waals surface area contributed by atoms with Gasteiger partial charge in [0.25, 0.3) is 0 Å². The molecule has 6 rings (SSSR count). The maximum Gasteiger partial charge on any atom is 0.152 e. The minimum Gasteiger partial charge on any atom is -0.356 e. The summed E-state index contributed by atoms with van der Waals surface area (Å²) in [6.45, 7) is 8.69. The Hall–Kier alpha value is -2.76. The summed E-state index contributed by atoms with van der Waals surface area (Å²) in [6, 6.07) is 17.2. The molecular formula is C32H44BN5. The van der Waals surface area contributed by atoms with Crippen molar-refractivity contribution in [3.05, 3.63) is 65.2 Å². The Balaban J connectivity index is 0.00000115. The summed E-state index contributed by atoms with van der Waals surface area (Å²) in [7, 11) is 6.20. The predicted molar refractivity (Wildman–Crippen MR) is 161 cm³/mol. The Morgan fingerprint density at radius 2 is 1.89 bits per heavy atom. The average Bonchev–Trinajstić information content (AvgIpc) is 3.69. The van der Waals surface area contributed by atoms with Gasteiger partial charge in [-0.1, -0.05) is 81.2 Å². The first-order valence-corrected chi connectivity index (χ1v) is 14.8. The second-order valence-corrected chi connectivity index (χ2v) is 11.3. The van der Waals surface area contributed by atoms with Gasteiger partial charge in [0.15, 0.2) is 6.67 Å². The largest absolute Gasteiger partial charge is 0.356 e. The van der Waals surface area contributed by atoms with Crippen molar-refractivity contribution in [2.75, 3.05) is 19.8 Å². The molecule has 2 fully saturated rings. The van der Waals surface area contributed by atoms with Gasteiger partial charge in [0.2, 0.25) is 0 Å². The molecule has 0 saturated heterocycles. The highest BCUT2D eigenvalue weighted by Gasteiger charge is 2.39. The lowest BCUT2D eigenvalue weighted by atomic mass is 9.86. The van der Waals surface area contributed by atoms with E-state index in [4.69, 9.17) is 12.8 Å². The first-order chi connectivity index (χ1) is 18.6. The highest BCUT2D eigenvalue weighted by Crippen LogP contribution is 2.49. The molecule has 5 unspecified atom stereocenters. The van der Waals surface area contributed by atoms with Gasteiger partial charge in [-0.25, -0.2) is 4.99 Å². The van der Waals surface area contributed by atoms with Gasteiger partial charge in [-0.05, 0) is 66.9 Å². The highest BCUT2D eigenvalue weighted by molar-refractivity contribution is 6.32.